The highest BCUT2D eigenvalue weighted by Gasteiger charge is 2.17. The number of benzene rings is 2. The molecule has 2 heterocycles. The van der Waals surface area contributed by atoms with E-state index in [1.165, 1.54) is 29.5 Å². The van der Waals surface area contributed by atoms with Crippen molar-refractivity contribution >= 4 is 42.3 Å². The van der Waals surface area contributed by atoms with Crippen LogP contribution in [-0.4, -0.2) is 36.8 Å². The normalized spacial score (nSPS) is 12.0. The van der Waals surface area contributed by atoms with E-state index in [1.54, 1.807) is 18.2 Å². The molecule has 7 nitrogen and oxygen atoms in total. The van der Waals surface area contributed by atoms with Gasteiger partial charge in [-0.25, -0.2) is 13.1 Å². The van der Waals surface area contributed by atoms with Gasteiger partial charge < -0.3 is 15.2 Å². The van der Waals surface area contributed by atoms with Crippen LogP contribution in [0.1, 0.15) is 0 Å². The Balaban J connectivity index is 1.91. The Morgan fingerprint density at radius 3 is 2.54 bits per heavy atom. The van der Waals surface area contributed by atoms with E-state index in [9.17, 15) is 18.3 Å². The molecule has 0 unspecified atom stereocenters. The van der Waals surface area contributed by atoms with E-state index in [0.29, 0.717) is 26.7 Å². The molecule has 0 spiro atoms. The number of aliphatic hydroxyl groups excluding tert-OH is 1. The van der Waals surface area contributed by atoms with Crippen molar-refractivity contribution in [2.75, 3.05) is 13.2 Å². The molecule has 4 N–H and O–H groups in total. The van der Waals surface area contributed by atoms with E-state index < -0.39 is 10.0 Å². The van der Waals surface area contributed by atoms with Crippen LogP contribution in [0.5, 0.6) is 5.75 Å². The van der Waals surface area contributed by atoms with Crippen molar-refractivity contribution in [1.29, 1.82) is 0 Å². The molecule has 0 saturated carbocycles. The average Bonchev–Trinajstić information content (AvgIpc) is 3.18. The minimum Gasteiger partial charge on any atom is -0.507 e. The molecule has 0 aliphatic heterocycles. The summed E-state index contributed by atoms with van der Waals surface area (Å²) in [7, 11) is -3.72. The maximum Gasteiger partial charge on any atom is 0.266 e. The van der Waals surface area contributed by atoms with Gasteiger partial charge in [0.2, 0.25) is 10.0 Å². The number of hydrogen-bond acceptors (Lipinski definition) is 6. The fourth-order valence-electron chi connectivity index (χ4n) is 3.19. The van der Waals surface area contributed by atoms with E-state index in [2.05, 4.69) is 9.71 Å². The monoisotopic (exact) mass is 416 g/mol. The van der Waals surface area contributed by atoms with Gasteiger partial charge in [0.15, 0.2) is 0 Å². The highest BCUT2D eigenvalue weighted by atomic mass is 32.2. The largest absolute Gasteiger partial charge is 0.507 e. The van der Waals surface area contributed by atoms with Crippen molar-refractivity contribution < 1.29 is 18.6 Å². The molecule has 2 aromatic heterocycles. The third-order valence-electron chi connectivity index (χ3n) is 4.43. The quantitative estimate of drug-likeness (QED) is 0.398. The number of rotatable bonds is 5. The van der Waals surface area contributed by atoms with Crippen molar-refractivity contribution in [2.45, 2.75) is 4.90 Å². The zero-order valence-electron chi connectivity index (χ0n) is 14.5. The number of H-pyrrole nitrogens is 1. The van der Waals surface area contributed by atoms with Crippen LogP contribution in [0.15, 0.2) is 57.5 Å². The molecular weight excluding hydrogens is 400 g/mol. The number of phenolic OH excluding ortho intramolecular Hbond substituents is 1. The summed E-state index contributed by atoms with van der Waals surface area (Å²) >= 11 is 1.32. The fourth-order valence-corrected chi connectivity index (χ4v) is 5.01. The molecule has 28 heavy (non-hydrogen) atoms. The summed E-state index contributed by atoms with van der Waals surface area (Å²) in [6, 6.07) is 11.0. The second-order valence-corrected chi connectivity index (χ2v) is 8.83. The van der Waals surface area contributed by atoms with Crippen LogP contribution in [0, 0.1) is 0 Å². The Morgan fingerprint density at radius 1 is 1.07 bits per heavy atom. The Bertz CT molecular complexity index is 1340. The number of nitrogens with one attached hydrogen (secondary N) is 2. The summed E-state index contributed by atoms with van der Waals surface area (Å²) < 4.78 is 27.2. The third kappa shape index (κ3) is 3.08. The Labute approximate surface area is 164 Å². The first-order chi connectivity index (χ1) is 13.4. The van der Waals surface area contributed by atoms with Crippen LogP contribution < -0.4 is 10.3 Å². The lowest BCUT2D eigenvalue weighted by molar-refractivity contribution is 0.301. The molecule has 0 atom stereocenters. The van der Waals surface area contributed by atoms with Gasteiger partial charge in [0, 0.05) is 28.4 Å². The molecule has 4 rings (SSSR count). The maximum absolute atomic E-state index is 12.2. The van der Waals surface area contributed by atoms with Gasteiger partial charge in [-0.2, -0.15) is 0 Å². The van der Waals surface area contributed by atoms with Crippen molar-refractivity contribution in [2.24, 2.45) is 0 Å². The highest BCUT2D eigenvalue weighted by Crippen LogP contribution is 2.39. The summed E-state index contributed by atoms with van der Waals surface area (Å²) in [6.07, 6.45) is 0. The second-order valence-electron chi connectivity index (χ2n) is 6.15. The lowest BCUT2D eigenvalue weighted by atomic mass is 9.97. The lowest BCUT2D eigenvalue weighted by Crippen LogP contribution is -2.26. The fraction of sp³-hybridized carbons (Fsp3) is 0.105. The van der Waals surface area contributed by atoms with Gasteiger partial charge in [-0.05, 0) is 41.3 Å². The number of pyridine rings is 1. The van der Waals surface area contributed by atoms with E-state index >= 15 is 0 Å². The van der Waals surface area contributed by atoms with E-state index in [-0.39, 0.29) is 29.4 Å². The molecule has 0 aliphatic rings. The van der Waals surface area contributed by atoms with Crippen molar-refractivity contribution in [3.05, 3.63) is 58.2 Å². The Kier molecular flexibility index (Phi) is 4.68. The van der Waals surface area contributed by atoms with Gasteiger partial charge in [0.25, 0.3) is 5.56 Å². The predicted molar refractivity (Wildman–Crippen MR) is 109 cm³/mol. The van der Waals surface area contributed by atoms with Gasteiger partial charge in [0.05, 0.1) is 11.5 Å². The van der Waals surface area contributed by atoms with E-state index in [1.807, 2.05) is 11.4 Å². The molecular formula is C19H16N2O5S2. The Hall–Kier alpha value is -2.72. The first kappa shape index (κ1) is 18.6. The number of fused-ring (bicyclic) bond motifs is 3. The summed E-state index contributed by atoms with van der Waals surface area (Å²) in [5.41, 5.74) is 1.53. The number of aromatic amines is 1. The molecule has 0 bridgehead atoms. The van der Waals surface area contributed by atoms with Crippen molar-refractivity contribution in [3.8, 4) is 16.9 Å². The van der Waals surface area contributed by atoms with Gasteiger partial charge in [-0.1, -0.05) is 12.1 Å². The molecule has 0 aliphatic carbocycles. The third-order valence-corrected chi connectivity index (χ3v) is 6.82. The smallest absolute Gasteiger partial charge is 0.266 e. The first-order valence-corrected chi connectivity index (χ1v) is 10.7. The van der Waals surface area contributed by atoms with Gasteiger partial charge >= 0.3 is 0 Å². The number of sulfonamides is 1. The number of thiophene rings is 1. The molecule has 144 valence electrons. The maximum atomic E-state index is 12.2. The number of aromatic hydroxyl groups is 1. The Morgan fingerprint density at radius 2 is 1.82 bits per heavy atom. The number of aromatic nitrogens is 1. The van der Waals surface area contributed by atoms with Gasteiger partial charge in [-0.15, -0.1) is 11.3 Å². The molecule has 4 aromatic rings. The van der Waals surface area contributed by atoms with E-state index in [4.69, 9.17) is 5.11 Å². The summed E-state index contributed by atoms with van der Waals surface area (Å²) in [4.78, 5) is 15.1. The summed E-state index contributed by atoms with van der Waals surface area (Å²) in [6.45, 7) is -0.367. The summed E-state index contributed by atoms with van der Waals surface area (Å²) in [5, 5.41) is 22.6. The molecule has 0 radical (unpaired) electrons. The average molecular weight is 416 g/mol. The van der Waals surface area contributed by atoms with Crippen molar-refractivity contribution in [3.63, 3.8) is 0 Å². The number of phenols is 1. The molecule has 9 heteroatoms. The second kappa shape index (κ2) is 7.02. The van der Waals surface area contributed by atoms with Crippen LogP contribution in [0.3, 0.4) is 0 Å². The zero-order valence-corrected chi connectivity index (χ0v) is 16.1. The van der Waals surface area contributed by atoms with Gasteiger partial charge in [-0.3, -0.25) is 4.79 Å². The SMILES string of the molecule is O=c1[nH]c2ccc(O)c(-c3ccc(S(=O)(=O)NCCO)cc3)c2c2ccsc12. The standard InChI is InChI=1S/C19H16N2O5S2/c22-9-8-20-28(25,26)12-3-1-11(2-4-12)16-15(23)6-5-14-17(16)13-7-10-27-18(13)19(24)21-14/h1-7,10,20,22-23H,8-9H2,(H,21,24). The lowest BCUT2D eigenvalue weighted by Gasteiger charge is -2.12. The number of aliphatic hydroxyl groups is 1. The number of hydrogen-bond donors (Lipinski definition) is 4. The molecule has 0 fully saturated rings. The topological polar surface area (TPSA) is 119 Å². The van der Waals surface area contributed by atoms with Crippen LogP contribution >= 0.6 is 11.3 Å². The van der Waals surface area contributed by atoms with Crippen LogP contribution in [-0.2, 0) is 10.0 Å². The van der Waals surface area contributed by atoms with Gasteiger partial charge in [0.1, 0.15) is 10.4 Å². The highest BCUT2D eigenvalue weighted by molar-refractivity contribution is 7.89. The minimum absolute atomic E-state index is 0.0288. The summed E-state index contributed by atoms with van der Waals surface area (Å²) in [5.74, 6) is 0.0288. The van der Waals surface area contributed by atoms with Crippen LogP contribution in [0.25, 0.3) is 32.1 Å². The molecule has 2 aromatic carbocycles. The molecule has 0 saturated heterocycles. The van der Waals surface area contributed by atoms with E-state index in [0.717, 1.165) is 5.39 Å². The van der Waals surface area contributed by atoms with Crippen LogP contribution in [0.2, 0.25) is 0 Å². The first-order valence-electron chi connectivity index (χ1n) is 8.38. The van der Waals surface area contributed by atoms with Crippen LogP contribution in [0.4, 0.5) is 0 Å². The molecule has 0 amide bonds. The zero-order chi connectivity index (χ0) is 19.9. The van der Waals surface area contributed by atoms with Crippen molar-refractivity contribution in [1.82, 2.24) is 9.71 Å². The predicted octanol–water partition coefficient (Wildman–Crippen LogP) is 2.39. The minimum atomic E-state index is -3.72.